The van der Waals surface area contributed by atoms with Crippen molar-refractivity contribution in [3.63, 3.8) is 0 Å². The van der Waals surface area contributed by atoms with Gasteiger partial charge < -0.3 is 20.1 Å². The summed E-state index contributed by atoms with van der Waals surface area (Å²) < 4.78 is 10.3. The number of urea groups is 1. The molecule has 1 rings (SSSR count). The number of esters is 1. The zero-order valence-electron chi connectivity index (χ0n) is 14.4. The Hall–Kier alpha value is -2.08. The molecular weight excluding hydrogens is 296 g/mol. The van der Waals surface area contributed by atoms with Crippen LogP contribution in [0.1, 0.15) is 33.3 Å². The number of amides is 2. The Kier molecular flexibility index (Phi) is 7.03. The third-order valence-electron chi connectivity index (χ3n) is 3.12. The van der Waals surface area contributed by atoms with Crippen LogP contribution in [0.4, 0.5) is 10.5 Å². The Morgan fingerprint density at radius 3 is 2.43 bits per heavy atom. The van der Waals surface area contributed by atoms with Crippen molar-refractivity contribution >= 4 is 17.7 Å². The molecule has 0 saturated carbocycles. The van der Waals surface area contributed by atoms with Gasteiger partial charge in [-0.2, -0.15) is 0 Å². The SMILES string of the molecule is CCc1ccccc1NC(=O)NC(COC(C)(C)C)C(=O)OC. The van der Waals surface area contributed by atoms with Gasteiger partial charge in [0.25, 0.3) is 0 Å². The second-order valence-electron chi connectivity index (χ2n) is 6.11. The molecule has 0 aliphatic rings. The molecule has 23 heavy (non-hydrogen) atoms. The minimum absolute atomic E-state index is 0.0407. The van der Waals surface area contributed by atoms with E-state index in [2.05, 4.69) is 10.6 Å². The highest BCUT2D eigenvalue weighted by molar-refractivity contribution is 5.93. The van der Waals surface area contributed by atoms with E-state index in [9.17, 15) is 9.59 Å². The van der Waals surface area contributed by atoms with Crippen molar-refractivity contribution in [3.05, 3.63) is 29.8 Å². The summed E-state index contributed by atoms with van der Waals surface area (Å²) in [5, 5.41) is 5.35. The lowest BCUT2D eigenvalue weighted by Crippen LogP contribution is -2.47. The molecule has 1 aromatic carbocycles. The van der Waals surface area contributed by atoms with Gasteiger partial charge >= 0.3 is 12.0 Å². The molecular formula is C17H26N2O4. The molecule has 0 saturated heterocycles. The highest BCUT2D eigenvalue weighted by Gasteiger charge is 2.24. The van der Waals surface area contributed by atoms with Gasteiger partial charge in [0.15, 0.2) is 6.04 Å². The van der Waals surface area contributed by atoms with Crippen molar-refractivity contribution in [2.45, 2.75) is 45.8 Å². The van der Waals surface area contributed by atoms with Gasteiger partial charge in [0.1, 0.15) is 0 Å². The number of carbonyl (C=O) groups excluding carboxylic acids is 2. The lowest BCUT2D eigenvalue weighted by molar-refractivity contribution is -0.145. The molecule has 2 amide bonds. The average molecular weight is 322 g/mol. The first-order valence-corrected chi connectivity index (χ1v) is 7.64. The molecule has 0 aliphatic heterocycles. The number of hydrogen-bond acceptors (Lipinski definition) is 4. The van der Waals surface area contributed by atoms with E-state index in [1.807, 2.05) is 52.0 Å². The van der Waals surface area contributed by atoms with Crippen molar-refractivity contribution in [3.8, 4) is 0 Å². The maximum atomic E-state index is 12.2. The van der Waals surface area contributed by atoms with Crippen LogP contribution in [0.5, 0.6) is 0 Å². The summed E-state index contributed by atoms with van der Waals surface area (Å²) >= 11 is 0. The van der Waals surface area contributed by atoms with E-state index >= 15 is 0 Å². The van der Waals surface area contributed by atoms with Crippen LogP contribution in [-0.2, 0) is 20.7 Å². The number of ether oxygens (including phenoxy) is 2. The molecule has 0 spiro atoms. The lowest BCUT2D eigenvalue weighted by Gasteiger charge is -2.24. The summed E-state index contributed by atoms with van der Waals surface area (Å²) in [6.45, 7) is 7.67. The van der Waals surface area contributed by atoms with E-state index in [-0.39, 0.29) is 6.61 Å². The van der Waals surface area contributed by atoms with Crippen molar-refractivity contribution in [2.75, 3.05) is 19.0 Å². The highest BCUT2D eigenvalue weighted by atomic mass is 16.5. The summed E-state index contributed by atoms with van der Waals surface area (Å²) in [6.07, 6.45) is 0.796. The van der Waals surface area contributed by atoms with Gasteiger partial charge in [-0.25, -0.2) is 9.59 Å². The highest BCUT2D eigenvalue weighted by Crippen LogP contribution is 2.15. The molecule has 1 aromatic rings. The zero-order chi connectivity index (χ0) is 17.5. The largest absolute Gasteiger partial charge is 0.467 e. The number of hydrogen-bond donors (Lipinski definition) is 2. The van der Waals surface area contributed by atoms with Crippen LogP contribution in [0.3, 0.4) is 0 Å². The predicted octanol–water partition coefficient (Wildman–Crippen LogP) is 2.73. The molecule has 0 heterocycles. The van der Waals surface area contributed by atoms with Crippen molar-refractivity contribution in [2.24, 2.45) is 0 Å². The summed E-state index contributed by atoms with van der Waals surface area (Å²) in [5.74, 6) is -0.548. The molecule has 6 heteroatoms. The standard InChI is InChI=1S/C17H26N2O4/c1-6-12-9-7-8-10-13(12)18-16(21)19-14(15(20)22-5)11-23-17(2,3)4/h7-10,14H,6,11H2,1-5H3,(H2,18,19,21). The normalized spacial score (nSPS) is 12.4. The Balaban J connectivity index is 2.71. The number of aryl methyl sites for hydroxylation is 1. The van der Waals surface area contributed by atoms with Gasteiger partial charge in [-0.1, -0.05) is 25.1 Å². The maximum Gasteiger partial charge on any atom is 0.330 e. The molecule has 1 unspecified atom stereocenters. The van der Waals surface area contributed by atoms with Gasteiger partial charge in [-0.05, 0) is 38.8 Å². The van der Waals surface area contributed by atoms with Crippen LogP contribution in [0.2, 0.25) is 0 Å². The van der Waals surface area contributed by atoms with Gasteiger partial charge in [0, 0.05) is 5.69 Å². The third kappa shape index (κ3) is 6.69. The van der Waals surface area contributed by atoms with Crippen molar-refractivity contribution in [1.82, 2.24) is 5.32 Å². The van der Waals surface area contributed by atoms with E-state index in [1.54, 1.807) is 0 Å². The number of nitrogens with one attached hydrogen (secondary N) is 2. The summed E-state index contributed by atoms with van der Waals surface area (Å²) in [4.78, 5) is 23.9. The van der Waals surface area contributed by atoms with E-state index < -0.39 is 23.6 Å². The Bertz CT molecular complexity index is 538. The molecule has 128 valence electrons. The number of anilines is 1. The Labute approximate surface area is 137 Å². The Morgan fingerprint density at radius 1 is 1.22 bits per heavy atom. The molecule has 0 bridgehead atoms. The monoisotopic (exact) mass is 322 g/mol. The van der Waals surface area contributed by atoms with Crippen LogP contribution in [0, 0.1) is 0 Å². The van der Waals surface area contributed by atoms with Gasteiger partial charge in [-0.15, -0.1) is 0 Å². The fourth-order valence-corrected chi connectivity index (χ4v) is 1.91. The van der Waals surface area contributed by atoms with E-state index in [0.29, 0.717) is 5.69 Å². The first-order chi connectivity index (χ1) is 10.8. The summed E-state index contributed by atoms with van der Waals surface area (Å²) in [5.41, 5.74) is 1.32. The quantitative estimate of drug-likeness (QED) is 0.790. The number of para-hydroxylation sites is 1. The van der Waals surface area contributed by atoms with Crippen LogP contribution in [-0.4, -0.2) is 37.4 Å². The molecule has 2 N–H and O–H groups in total. The maximum absolute atomic E-state index is 12.2. The van der Waals surface area contributed by atoms with Crippen LogP contribution >= 0.6 is 0 Å². The van der Waals surface area contributed by atoms with Crippen LogP contribution in [0.15, 0.2) is 24.3 Å². The van der Waals surface area contributed by atoms with E-state index in [1.165, 1.54) is 7.11 Å². The molecule has 0 radical (unpaired) electrons. The second kappa shape index (κ2) is 8.53. The molecule has 0 aliphatic carbocycles. The van der Waals surface area contributed by atoms with Crippen LogP contribution < -0.4 is 10.6 Å². The molecule has 1 atom stereocenters. The molecule has 0 aromatic heterocycles. The number of carbonyl (C=O) groups is 2. The van der Waals surface area contributed by atoms with Crippen molar-refractivity contribution in [1.29, 1.82) is 0 Å². The fourth-order valence-electron chi connectivity index (χ4n) is 1.91. The first kappa shape index (κ1) is 19.0. The fraction of sp³-hybridized carbons (Fsp3) is 0.529. The van der Waals surface area contributed by atoms with E-state index in [0.717, 1.165) is 12.0 Å². The summed E-state index contributed by atoms with van der Waals surface area (Å²) in [7, 11) is 1.28. The first-order valence-electron chi connectivity index (χ1n) is 7.64. The smallest absolute Gasteiger partial charge is 0.330 e. The lowest BCUT2D eigenvalue weighted by atomic mass is 10.1. The zero-order valence-corrected chi connectivity index (χ0v) is 14.4. The molecule has 0 fully saturated rings. The number of rotatable bonds is 6. The predicted molar refractivity (Wildman–Crippen MR) is 89.5 cm³/mol. The minimum atomic E-state index is -0.868. The van der Waals surface area contributed by atoms with E-state index in [4.69, 9.17) is 9.47 Å². The average Bonchev–Trinajstić information content (AvgIpc) is 2.50. The van der Waals surface area contributed by atoms with Gasteiger partial charge in [-0.3, -0.25) is 0 Å². The summed E-state index contributed by atoms with van der Waals surface area (Å²) in [6, 6.07) is 6.17. The van der Waals surface area contributed by atoms with Crippen LogP contribution in [0.25, 0.3) is 0 Å². The Morgan fingerprint density at radius 2 is 1.87 bits per heavy atom. The third-order valence-corrected chi connectivity index (χ3v) is 3.12. The van der Waals surface area contributed by atoms with Crippen molar-refractivity contribution < 1.29 is 19.1 Å². The molecule has 6 nitrogen and oxygen atoms in total. The number of benzene rings is 1. The van der Waals surface area contributed by atoms with Gasteiger partial charge in [0.05, 0.1) is 19.3 Å². The second-order valence-corrected chi connectivity index (χ2v) is 6.11. The topological polar surface area (TPSA) is 76.7 Å². The minimum Gasteiger partial charge on any atom is -0.467 e. The van der Waals surface area contributed by atoms with Gasteiger partial charge in [0.2, 0.25) is 0 Å². The number of methoxy groups -OCH3 is 1.